The first kappa shape index (κ1) is 27.5. The Morgan fingerprint density at radius 3 is 2.82 bits per heavy atom. The Morgan fingerprint density at radius 2 is 2.11 bits per heavy atom. The van der Waals surface area contributed by atoms with E-state index < -0.39 is 44.9 Å². The summed E-state index contributed by atoms with van der Waals surface area (Å²) in [5.74, 6) is -0.336. The number of alkyl halides is 1. The highest BCUT2D eigenvalue weighted by molar-refractivity contribution is 7.48. The number of aromatic nitrogens is 4. The first-order chi connectivity index (χ1) is 18.4. The lowest BCUT2D eigenvalue weighted by Gasteiger charge is -2.24. The summed E-state index contributed by atoms with van der Waals surface area (Å²) in [6.45, 7) is 2.26. The van der Waals surface area contributed by atoms with Crippen molar-refractivity contribution in [1.82, 2.24) is 19.5 Å². The molecule has 2 N–H and O–H groups in total. The predicted molar refractivity (Wildman–Crippen MR) is 130 cm³/mol. The van der Waals surface area contributed by atoms with Gasteiger partial charge in [0, 0.05) is 5.56 Å². The van der Waals surface area contributed by atoms with Crippen molar-refractivity contribution in [2.45, 2.75) is 31.0 Å². The van der Waals surface area contributed by atoms with Crippen LogP contribution in [0.4, 0.5) is 10.2 Å². The lowest BCUT2D eigenvalue weighted by Crippen LogP contribution is -2.33. The zero-order chi connectivity index (χ0) is 27.1. The van der Waals surface area contributed by atoms with Crippen LogP contribution < -0.4 is 5.32 Å². The number of benzene rings is 1. The molecule has 1 unspecified atom stereocenters. The minimum Gasteiger partial charge on any atom is -0.394 e. The van der Waals surface area contributed by atoms with Gasteiger partial charge in [0.15, 0.2) is 29.4 Å². The van der Waals surface area contributed by atoms with Crippen molar-refractivity contribution in [3.8, 4) is 6.07 Å². The molecule has 1 aliphatic heterocycles. The molecule has 3 heterocycles. The summed E-state index contributed by atoms with van der Waals surface area (Å²) in [6, 6.07) is 10.3. The summed E-state index contributed by atoms with van der Waals surface area (Å²) in [5.41, 5.74) is 0.689. The van der Waals surface area contributed by atoms with Gasteiger partial charge >= 0.3 is 7.82 Å². The monoisotopic (exact) mass is 546 g/mol. The Balaban J connectivity index is 1.57. The molecule has 0 bridgehead atoms. The van der Waals surface area contributed by atoms with Crippen molar-refractivity contribution in [3.63, 3.8) is 0 Å². The molecule has 1 aromatic carbocycles. The number of phosphoric acid groups is 1. The number of halogens is 1. The third-order valence-electron chi connectivity index (χ3n) is 5.41. The van der Waals surface area contributed by atoms with Gasteiger partial charge in [-0.1, -0.05) is 24.3 Å². The van der Waals surface area contributed by atoms with Gasteiger partial charge in [0.2, 0.25) is 0 Å². The number of aliphatic hydroxyl groups is 1. The number of fused-ring (bicyclic) bond motifs is 1. The molecular weight excluding hydrogens is 522 g/mol. The van der Waals surface area contributed by atoms with E-state index in [2.05, 4.69) is 26.8 Å². The fourth-order valence-electron chi connectivity index (χ4n) is 3.68. The smallest absolute Gasteiger partial charge is 0.394 e. The van der Waals surface area contributed by atoms with E-state index in [1.54, 1.807) is 30.3 Å². The molecule has 15 heteroatoms. The number of nitrogens with one attached hydrogen (secondary N) is 1. The zero-order valence-corrected chi connectivity index (χ0v) is 20.8. The average molecular weight is 546 g/mol. The number of ether oxygens (including phenoxy) is 1. The SMILES string of the molecule is C=CCOP(=O)(OCCC#N)O[C@@H]1[C@H](F)[C@H](n2cnc3c(NC(=O)c4ccccc4)ncnc32)O[C@@H]1CO. The molecular formula is C23H24FN6O7P. The number of carbonyl (C=O) groups is 1. The Labute approximate surface area is 216 Å². The van der Waals surface area contributed by atoms with Gasteiger partial charge in [0.05, 0.1) is 38.6 Å². The van der Waals surface area contributed by atoms with Crippen molar-refractivity contribution >= 4 is 30.7 Å². The molecule has 0 spiro atoms. The molecule has 2 aromatic heterocycles. The summed E-state index contributed by atoms with van der Waals surface area (Å²) in [4.78, 5) is 25.0. The van der Waals surface area contributed by atoms with Gasteiger partial charge in [-0.15, -0.1) is 6.58 Å². The maximum absolute atomic E-state index is 15.7. The van der Waals surface area contributed by atoms with Crippen molar-refractivity contribution in [2.75, 3.05) is 25.1 Å². The number of nitrogens with zero attached hydrogens (tertiary/aromatic N) is 5. The second-order valence-corrected chi connectivity index (χ2v) is 9.52. The van der Waals surface area contributed by atoms with Crippen LogP contribution in [0.15, 0.2) is 55.6 Å². The van der Waals surface area contributed by atoms with Crippen LogP contribution in [0.5, 0.6) is 0 Å². The zero-order valence-electron chi connectivity index (χ0n) is 19.9. The molecule has 0 radical (unpaired) electrons. The van der Waals surface area contributed by atoms with E-state index in [1.165, 1.54) is 23.3 Å². The molecule has 0 saturated carbocycles. The van der Waals surface area contributed by atoms with Gasteiger partial charge in [-0.2, -0.15) is 5.26 Å². The van der Waals surface area contributed by atoms with Crippen LogP contribution in [0.25, 0.3) is 11.2 Å². The third kappa shape index (κ3) is 5.94. The Morgan fingerprint density at radius 1 is 1.32 bits per heavy atom. The molecule has 38 heavy (non-hydrogen) atoms. The molecule has 4 rings (SSSR count). The molecule has 0 aliphatic carbocycles. The number of hydrogen-bond acceptors (Lipinski definition) is 11. The summed E-state index contributed by atoms with van der Waals surface area (Å²) < 4.78 is 51.4. The van der Waals surface area contributed by atoms with Crippen LogP contribution in [-0.2, 0) is 22.9 Å². The Bertz CT molecular complexity index is 1370. The summed E-state index contributed by atoms with van der Waals surface area (Å²) in [7, 11) is -4.36. The van der Waals surface area contributed by atoms with E-state index in [0.29, 0.717) is 5.56 Å². The van der Waals surface area contributed by atoms with Gasteiger partial charge in [0.25, 0.3) is 5.91 Å². The van der Waals surface area contributed by atoms with Gasteiger partial charge in [-0.05, 0) is 12.1 Å². The Kier molecular flexibility index (Phi) is 8.90. The number of amides is 1. The van der Waals surface area contributed by atoms with Crippen molar-refractivity contribution < 1.29 is 37.2 Å². The number of aliphatic hydroxyl groups excluding tert-OH is 1. The van der Waals surface area contributed by atoms with Crippen molar-refractivity contribution in [1.29, 1.82) is 5.26 Å². The van der Waals surface area contributed by atoms with Crippen LogP contribution in [0.1, 0.15) is 23.0 Å². The van der Waals surface area contributed by atoms with Crippen LogP contribution >= 0.6 is 7.82 Å². The minimum absolute atomic E-state index is 0.0933. The summed E-state index contributed by atoms with van der Waals surface area (Å²) >= 11 is 0. The highest BCUT2D eigenvalue weighted by Crippen LogP contribution is 2.53. The highest BCUT2D eigenvalue weighted by Gasteiger charge is 2.51. The fraction of sp³-hybridized carbons (Fsp3) is 0.348. The predicted octanol–water partition coefficient (Wildman–Crippen LogP) is 2.93. The van der Waals surface area contributed by atoms with Crippen LogP contribution in [0.3, 0.4) is 0 Å². The van der Waals surface area contributed by atoms with E-state index >= 15 is 4.39 Å². The molecule has 1 aliphatic rings. The number of phosphoric ester groups is 1. The third-order valence-corrected chi connectivity index (χ3v) is 6.88. The minimum atomic E-state index is -4.36. The molecule has 200 valence electrons. The molecule has 1 saturated heterocycles. The lowest BCUT2D eigenvalue weighted by molar-refractivity contribution is -0.0470. The van der Waals surface area contributed by atoms with Gasteiger partial charge in [-0.25, -0.2) is 23.9 Å². The number of hydrogen-bond donors (Lipinski definition) is 2. The van der Waals surface area contributed by atoms with Gasteiger partial charge in [-0.3, -0.25) is 22.9 Å². The largest absolute Gasteiger partial charge is 0.475 e. The van der Waals surface area contributed by atoms with Gasteiger partial charge in [0.1, 0.15) is 18.5 Å². The highest BCUT2D eigenvalue weighted by atomic mass is 31.2. The molecule has 5 atom stereocenters. The maximum atomic E-state index is 15.7. The van der Waals surface area contributed by atoms with E-state index in [0.717, 1.165) is 0 Å². The van der Waals surface area contributed by atoms with E-state index in [4.69, 9.17) is 23.6 Å². The standard InChI is InChI=1S/C23H24FN6O7P/c1-2-10-34-38(33,35-11-6-9-25)37-19-16(12-31)36-23(17(19)24)30-14-28-18-20(26-13-27-21(18)30)29-22(32)15-7-4-3-5-8-15/h2-5,7-8,13-14,16-17,19,23,31H,1,6,10-12H2,(H,26,27,29,32)/t16-,17+,19+,23-,38?/m1/s1. The van der Waals surface area contributed by atoms with Crippen molar-refractivity contribution in [3.05, 3.63) is 61.2 Å². The maximum Gasteiger partial charge on any atom is 0.475 e. The first-order valence-corrected chi connectivity index (χ1v) is 12.9. The fourth-order valence-corrected chi connectivity index (χ4v) is 5.03. The quantitative estimate of drug-likeness (QED) is 0.194. The second-order valence-electron chi connectivity index (χ2n) is 7.90. The Hall–Kier alpha value is -3.57. The van der Waals surface area contributed by atoms with Crippen LogP contribution in [-0.4, -0.2) is 68.7 Å². The van der Waals surface area contributed by atoms with E-state index in [1.807, 2.05) is 6.07 Å². The average Bonchev–Trinajstić information content (AvgIpc) is 3.49. The van der Waals surface area contributed by atoms with Gasteiger partial charge < -0.3 is 15.2 Å². The molecule has 1 amide bonds. The number of nitriles is 1. The number of imidazole rings is 1. The molecule has 13 nitrogen and oxygen atoms in total. The van der Waals surface area contributed by atoms with Crippen LogP contribution in [0, 0.1) is 11.3 Å². The van der Waals surface area contributed by atoms with E-state index in [-0.39, 0.29) is 36.6 Å². The topological polar surface area (TPSA) is 171 Å². The number of anilines is 1. The molecule has 3 aromatic rings. The normalized spacial score (nSPS) is 22.6. The second kappa shape index (κ2) is 12.3. The first-order valence-electron chi connectivity index (χ1n) is 11.4. The number of carbonyl (C=O) groups excluding carboxylic acids is 1. The summed E-state index contributed by atoms with van der Waals surface area (Å²) in [6.07, 6.45) is -2.63. The number of rotatable bonds is 12. The lowest BCUT2D eigenvalue weighted by atomic mass is 10.1. The van der Waals surface area contributed by atoms with Crippen molar-refractivity contribution in [2.24, 2.45) is 0 Å². The molecule has 1 fully saturated rings. The van der Waals surface area contributed by atoms with Crippen LogP contribution in [0.2, 0.25) is 0 Å². The summed E-state index contributed by atoms with van der Waals surface area (Å²) in [5, 5.41) is 21.2. The van der Waals surface area contributed by atoms with E-state index in [9.17, 15) is 14.5 Å².